The standard InChI is InChI=1S/C14H20N4O/c1-17-9-3-7-13(17)18-12(6-4-10-19)16-11-5-2-8-15-14(11)18/h2,5,8,13,19H,3-4,6-7,9-10H2,1H3. The van der Waals surface area contributed by atoms with E-state index in [9.17, 15) is 0 Å². The van der Waals surface area contributed by atoms with Gasteiger partial charge in [-0.3, -0.25) is 9.47 Å². The Labute approximate surface area is 112 Å². The zero-order valence-electron chi connectivity index (χ0n) is 11.3. The fourth-order valence-electron chi connectivity index (χ4n) is 2.92. The molecule has 0 bridgehead atoms. The van der Waals surface area contributed by atoms with Crippen LogP contribution < -0.4 is 0 Å². The largest absolute Gasteiger partial charge is 0.396 e. The number of aliphatic hydroxyl groups excluding tert-OH is 1. The molecule has 0 spiro atoms. The maximum Gasteiger partial charge on any atom is 0.161 e. The Balaban J connectivity index is 2.07. The molecular weight excluding hydrogens is 240 g/mol. The molecular formula is C14H20N4O. The number of pyridine rings is 1. The molecule has 102 valence electrons. The van der Waals surface area contributed by atoms with Gasteiger partial charge in [-0.15, -0.1) is 0 Å². The van der Waals surface area contributed by atoms with Crippen LogP contribution in [0.25, 0.3) is 11.2 Å². The number of fused-ring (bicyclic) bond motifs is 1. The number of aliphatic hydroxyl groups is 1. The van der Waals surface area contributed by atoms with E-state index < -0.39 is 0 Å². The molecule has 0 amide bonds. The van der Waals surface area contributed by atoms with Crippen LogP contribution in [0.2, 0.25) is 0 Å². The van der Waals surface area contributed by atoms with Crippen LogP contribution in [-0.2, 0) is 6.42 Å². The van der Waals surface area contributed by atoms with Crippen molar-refractivity contribution in [1.82, 2.24) is 19.4 Å². The molecule has 19 heavy (non-hydrogen) atoms. The van der Waals surface area contributed by atoms with Crippen LogP contribution in [0.5, 0.6) is 0 Å². The first-order valence-corrected chi connectivity index (χ1v) is 6.94. The normalized spacial score (nSPS) is 20.4. The highest BCUT2D eigenvalue weighted by Gasteiger charge is 2.26. The topological polar surface area (TPSA) is 54.2 Å². The minimum absolute atomic E-state index is 0.205. The lowest BCUT2D eigenvalue weighted by Gasteiger charge is -2.23. The number of aromatic nitrogens is 3. The summed E-state index contributed by atoms with van der Waals surface area (Å²) in [5, 5.41) is 9.05. The third-order valence-electron chi connectivity index (χ3n) is 3.86. The third-order valence-corrected chi connectivity index (χ3v) is 3.86. The molecule has 2 aromatic heterocycles. The third kappa shape index (κ3) is 2.24. The second-order valence-electron chi connectivity index (χ2n) is 5.17. The highest BCUT2D eigenvalue weighted by Crippen LogP contribution is 2.30. The van der Waals surface area contributed by atoms with E-state index in [0.29, 0.717) is 6.17 Å². The summed E-state index contributed by atoms with van der Waals surface area (Å²) in [6.07, 6.45) is 6.09. The van der Waals surface area contributed by atoms with Gasteiger partial charge in [0.05, 0.1) is 6.17 Å². The van der Waals surface area contributed by atoms with Gasteiger partial charge in [0.1, 0.15) is 11.3 Å². The van der Waals surface area contributed by atoms with Gasteiger partial charge in [0.25, 0.3) is 0 Å². The van der Waals surface area contributed by atoms with E-state index in [-0.39, 0.29) is 6.61 Å². The summed E-state index contributed by atoms with van der Waals surface area (Å²) in [6, 6.07) is 3.93. The van der Waals surface area contributed by atoms with Crippen molar-refractivity contribution >= 4 is 11.2 Å². The van der Waals surface area contributed by atoms with Crippen LogP contribution in [0, 0.1) is 0 Å². The smallest absolute Gasteiger partial charge is 0.161 e. The summed E-state index contributed by atoms with van der Waals surface area (Å²) in [4.78, 5) is 11.6. The van der Waals surface area contributed by atoms with Crippen LogP contribution in [0.15, 0.2) is 18.3 Å². The Hall–Kier alpha value is -1.46. The predicted octanol–water partition coefficient (Wildman–Crippen LogP) is 1.58. The molecule has 2 aromatic rings. The fourth-order valence-corrected chi connectivity index (χ4v) is 2.92. The van der Waals surface area contributed by atoms with Gasteiger partial charge >= 0.3 is 0 Å². The summed E-state index contributed by atoms with van der Waals surface area (Å²) in [7, 11) is 2.16. The van der Waals surface area contributed by atoms with Crippen molar-refractivity contribution in [1.29, 1.82) is 0 Å². The first kappa shape index (κ1) is 12.6. The van der Waals surface area contributed by atoms with Crippen molar-refractivity contribution in [3.8, 4) is 0 Å². The summed E-state index contributed by atoms with van der Waals surface area (Å²) < 4.78 is 2.26. The molecule has 1 unspecified atom stereocenters. The lowest BCUT2D eigenvalue weighted by atomic mass is 10.3. The first-order chi connectivity index (χ1) is 9.31. The van der Waals surface area contributed by atoms with E-state index in [1.807, 2.05) is 18.3 Å². The fraction of sp³-hybridized carbons (Fsp3) is 0.571. The van der Waals surface area contributed by atoms with Crippen molar-refractivity contribution in [2.45, 2.75) is 31.8 Å². The minimum atomic E-state index is 0.205. The van der Waals surface area contributed by atoms with Crippen LogP contribution in [0.1, 0.15) is 31.3 Å². The Morgan fingerprint density at radius 1 is 1.47 bits per heavy atom. The lowest BCUT2D eigenvalue weighted by Crippen LogP contribution is -2.25. The summed E-state index contributed by atoms with van der Waals surface area (Å²) >= 11 is 0. The molecule has 0 saturated carbocycles. The number of imidazole rings is 1. The highest BCUT2D eigenvalue weighted by molar-refractivity contribution is 5.71. The summed E-state index contributed by atoms with van der Waals surface area (Å²) in [6.45, 7) is 1.33. The van der Waals surface area contributed by atoms with Crippen LogP contribution in [-0.4, -0.2) is 44.7 Å². The second-order valence-corrected chi connectivity index (χ2v) is 5.17. The van der Waals surface area contributed by atoms with E-state index in [2.05, 4.69) is 21.5 Å². The van der Waals surface area contributed by atoms with Gasteiger partial charge in [0.15, 0.2) is 5.65 Å². The van der Waals surface area contributed by atoms with E-state index in [4.69, 9.17) is 10.1 Å². The van der Waals surface area contributed by atoms with Crippen LogP contribution >= 0.6 is 0 Å². The lowest BCUT2D eigenvalue weighted by molar-refractivity contribution is 0.234. The van der Waals surface area contributed by atoms with Crippen molar-refractivity contribution in [2.75, 3.05) is 20.2 Å². The van der Waals surface area contributed by atoms with Gasteiger partial charge in [-0.1, -0.05) is 0 Å². The zero-order chi connectivity index (χ0) is 13.2. The number of aryl methyl sites for hydroxylation is 1. The number of likely N-dealkylation sites (tertiary alicyclic amines) is 1. The van der Waals surface area contributed by atoms with Gasteiger partial charge in [0.2, 0.25) is 0 Å². The minimum Gasteiger partial charge on any atom is -0.396 e. The number of rotatable bonds is 4. The maximum absolute atomic E-state index is 9.05. The van der Waals surface area contributed by atoms with Gasteiger partial charge in [0, 0.05) is 19.2 Å². The Bertz CT molecular complexity index is 566. The predicted molar refractivity (Wildman–Crippen MR) is 73.8 cm³/mol. The van der Waals surface area contributed by atoms with E-state index in [1.54, 1.807) is 0 Å². The monoisotopic (exact) mass is 260 g/mol. The number of nitrogens with zero attached hydrogens (tertiary/aromatic N) is 4. The van der Waals surface area contributed by atoms with Crippen molar-refractivity contribution in [2.24, 2.45) is 0 Å². The maximum atomic E-state index is 9.05. The molecule has 5 nitrogen and oxygen atoms in total. The van der Waals surface area contributed by atoms with Gasteiger partial charge < -0.3 is 5.11 Å². The molecule has 3 rings (SSSR count). The summed E-state index contributed by atoms with van der Waals surface area (Å²) in [5.74, 6) is 1.04. The van der Waals surface area contributed by atoms with Crippen LogP contribution in [0.3, 0.4) is 0 Å². The zero-order valence-corrected chi connectivity index (χ0v) is 11.3. The summed E-state index contributed by atoms with van der Waals surface area (Å²) in [5.41, 5.74) is 1.92. The molecule has 0 aromatic carbocycles. The molecule has 1 N–H and O–H groups in total. The molecule has 3 heterocycles. The molecule has 0 aliphatic carbocycles. The molecule has 1 aliphatic rings. The molecule has 1 fully saturated rings. The van der Waals surface area contributed by atoms with Crippen LogP contribution in [0.4, 0.5) is 0 Å². The van der Waals surface area contributed by atoms with Gasteiger partial charge in [-0.05, 0) is 45.0 Å². The van der Waals surface area contributed by atoms with E-state index >= 15 is 0 Å². The average Bonchev–Trinajstić information content (AvgIpc) is 2.99. The molecule has 5 heteroatoms. The Morgan fingerprint density at radius 2 is 2.37 bits per heavy atom. The SMILES string of the molecule is CN1CCCC1n1c(CCCO)nc2cccnc21. The molecule has 1 aliphatic heterocycles. The first-order valence-electron chi connectivity index (χ1n) is 6.94. The Kier molecular flexibility index (Phi) is 3.48. The Morgan fingerprint density at radius 3 is 3.11 bits per heavy atom. The molecule has 1 atom stereocenters. The van der Waals surface area contributed by atoms with Crippen molar-refractivity contribution in [3.05, 3.63) is 24.2 Å². The number of hydrogen-bond acceptors (Lipinski definition) is 4. The van der Waals surface area contributed by atoms with E-state index in [1.165, 1.54) is 6.42 Å². The molecule has 1 saturated heterocycles. The van der Waals surface area contributed by atoms with Crippen molar-refractivity contribution < 1.29 is 5.11 Å². The van der Waals surface area contributed by atoms with Crippen molar-refractivity contribution in [3.63, 3.8) is 0 Å². The van der Waals surface area contributed by atoms with Gasteiger partial charge in [-0.25, -0.2) is 9.97 Å². The van der Waals surface area contributed by atoms with Gasteiger partial charge in [-0.2, -0.15) is 0 Å². The highest BCUT2D eigenvalue weighted by atomic mass is 16.2. The molecule has 0 radical (unpaired) electrons. The quantitative estimate of drug-likeness (QED) is 0.907. The number of hydrogen-bond donors (Lipinski definition) is 1. The van der Waals surface area contributed by atoms with E-state index in [0.717, 1.165) is 42.8 Å². The average molecular weight is 260 g/mol. The second kappa shape index (κ2) is 5.27.